The Hall–Kier alpha value is -2.54. The third-order valence-corrected chi connectivity index (χ3v) is 4.40. The molecule has 1 aliphatic rings. The van der Waals surface area contributed by atoms with Crippen LogP contribution in [0.5, 0.6) is 0 Å². The Bertz CT molecular complexity index is 868. The highest BCUT2D eigenvalue weighted by atomic mass is 35.5. The third-order valence-electron chi connectivity index (χ3n) is 4.07. The lowest BCUT2D eigenvalue weighted by atomic mass is 10.2. The zero-order chi connectivity index (χ0) is 18.9. The van der Waals surface area contributed by atoms with Crippen molar-refractivity contribution in [3.63, 3.8) is 0 Å². The molecule has 26 heavy (non-hydrogen) atoms. The van der Waals surface area contributed by atoms with Gasteiger partial charge < -0.3 is 10.2 Å². The molecule has 2 aromatic rings. The van der Waals surface area contributed by atoms with Crippen LogP contribution in [0.3, 0.4) is 0 Å². The maximum atomic E-state index is 12.8. The van der Waals surface area contributed by atoms with Gasteiger partial charge in [-0.2, -0.15) is 13.2 Å². The van der Waals surface area contributed by atoms with E-state index in [2.05, 4.69) is 5.32 Å². The molecule has 8 heteroatoms. The van der Waals surface area contributed by atoms with Crippen molar-refractivity contribution in [3.05, 3.63) is 58.6 Å². The van der Waals surface area contributed by atoms with Gasteiger partial charge in [-0.3, -0.25) is 9.59 Å². The molecular formula is C18H14ClF3N2O2. The molecule has 1 aliphatic heterocycles. The predicted octanol–water partition coefficient (Wildman–Crippen LogP) is 4.28. The van der Waals surface area contributed by atoms with Crippen LogP contribution < -0.4 is 10.2 Å². The molecule has 2 aromatic carbocycles. The number of alkyl halides is 3. The minimum absolute atomic E-state index is 0.0367. The van der Waals surface area contributed by atoms with Crippen LogP contribution >= 0.6 is 11.6 Å². The standard InChI is InChI=1S/C18H14ClF3N2O2/c19-13-6-5-12(18(20,21)22)9-14(13)23-16(25)10-17(26)24-8-7-11-3-1-2-4-15(11)24/h1-6,9H,7-8,10H2,(H,23,25). The Balaban J connectivity index is 1.69. The number of carbonyl (C=O) groups is 2. The number of carbonyl (C=O) groups excluding carboxylic acids is 2. The van der Waals surface area contributed by atoms with Crippen molar-refractivity contribution in [3.8, 4) is 0 Å². The summed E-state index contributed by atoms with van der Waals surface area (Å²) in [5.41, 5.74) is 0.655. The van der Waals surface area contributed by atoms with Gasteiger partial charge in [-0.05, 0) is 36.2 Å². The molecule has 0 fully saturated rings. The largest absolute Gasteiger partial charge is 0.416 e. The van der Waals surface area contributed by atoms with E-state index >= 15 is 0 Å². The summed E-state index contributed by atoms with van der Waals surface area (Å²) < 4.78 is 38.3. The number of rotatable bonds is 3. The van der Waals surface area contributed by atoms with E-state index < -0.39 is 30.0 Å². The summed E-state index contributed by atoms with van der Waals surface area (Å²) in [5.74, 6) is -1.14. The molecule has 0 bridgehead atoms. The molecule has 0 unspecified atom stereocenters. The van der Waals surface area contributed by atoms with Gasteiger partial charge in [0.05, 0.1) is 16.3 Å². The molecule has 0 saturated heterocycles. The number of anilines is 2. The second-order valence-corrected chi connectivity index (χ2v) is 6.25. The van der Waals surface area contributed by atoms with Gasteiger partial charge in [0.25, 0.3) is 0 Å². The highest BCUT2D eigenvalue weighted by Gasteiger charge is 2.31. The van der Waals surface area contributed by atoms with E-state index in [-0.39, 0.29) is 10.7 Å². The van der Waals surface area contributed by atoms with Gasteiger partial charge in [0.1, 0.15) is 6.42 Å². The maximum Gasteiger partial charge on any atom is 0.416 e. The lowest BCUT2D eigenvalue weighted by Gasteiger charge is -2.17. The first-order chi connectivity index (χ1) is 12.3. The number of halogens is 4. The quantitative estimate of drug-likeness (QED) is 0.806. The molecule has 4 nitrogen and oxygen atoms in total. The number of hydrogen-bond donors (Lipinski definition) is 1. The monoisotopic (exact) mass is 382 g/mol. The molecule has 0 spiro atoms. The van der Waals surface area contributed by atoms with E-state index in [0.29, 0.717) is 13.0 Å². The zero-order valence-electron chi connectivity index (χ0n) is 13.4. The summed E-state index contributed by atoms with van der Waals surface area (Å²) >= 11 is 5.84. The number of hydrogen-bond acceptors (Lipinski definition) is 2. The molecule has 0 atom stereocenters. The Morgan fingerprint density at radius 3 is 2.62 bits per heavy atom. The molecule has 0 saturated carbocycles. The molecule has 2 amide bonds. The second-order valence-electron chi connectivity index (χ2n) is 5.84. The molecular weight excluding hydrogens is 369 g/mol. The fourth-order valence-corrected chi connectivity index (χ4v) is 2.99. The second kappa shape index (κ2) is 6.99. The number of nitrogens with zero attached hydrogens (tertiary/aromatic N) is 1. The van der Waals surface area contributed by atoms with Crippen molar-refractivity contribution in [2.24, 2.45) is 0 Å². The first-order valence-corrected chi connectivity index (χ1v) is 8.18. The van der Waals surface area contributed by atoms with Gasteiger partial charge in [0.2, 0.25) is 11.8 Å². The van der Waals surface area contributed by atoms with E-state index in [4.69, 9.17) is 11.6 Å². The van der Waals surface area contributed by atoms with E-state index in [1.165, 1.54) is 4.90 Å². The Morgan fingerprint density at radius 2 is 1.88 bits per heavy atom. The predicted molar refractivity (Wildman–Crippen MR) is 92.2 cm³/mol. The maximum absolute atomic E-state index is 12.8. The summed E-state index contributed by atoms with van der Waals surface area (Å²) in [6.45, 7) is 0.468. The molecule has 0 aliphatic carbocycles. The van der Waals surface area contributed by atoms with E-state index in [9.17, 15) is 22.8 Å². The van der Waals surface area contributed by atoms with Gasteiger partial charge >= 0.3 is 6.18 Å². The Labute approximate surface area is 152 Å². The number of fused-ring (bicyclic) bond motifs is 1. The van der Waals surface area contributed by atoms with Crippen LogP contribution in [0.2, 0.25) is 5.02 Å². The molecule has 0 aromatic heterocycles. The van der Waals surface area contributed by atoms with Gasteiger partial charge in [0, 0.05) is 12.2 Å². The van der Waals surface area contributed by atoms with Crippen molar-refractivity contribution in [1.82, 2.24) is 0 Å². The summed E-state index contributed by atoms with van der Waals surface area (Å²) in [6, 6.07) is 9.99. The van der Waals surface area contributed by atoms with Crippen LogP contribution in [0.1, 0.15) is 17.5 Å². The van der Waals surface area contributed by atoms with Crippen LogP contribution in [-0.2, 0) is 22.2 Å². The van der Waals surface area contributed by atoms with Crippen LogP contribution in [0, 0.1) is 0 Å². The van der Waals surface area contributed by atoms with Crippen molar-refractivity contribution in [2.45, 2.75) is 19.0 Å². The molecule has 3 rings (SSSR count). The lowest BCUT2D eigenvalue weighted by molar-refractivity contribution is -0.137. The number of benzene rings is 2. The van der Waals surface area contributed by atoms with Gasteiger partial charge in [0.15, 0.2) is 0 Å². The van der Waals surface area contributed by atoms with Crippen LogP contribution in [0.4, 0.5) is 24.5 Å². The van der Waals surface area contributed by atoms with Crippen LogP contribution in [-0.4, -0.2) is 18.4 Å². The first kappa shape index (κ1) is 18.3. The molecule has 136 valence electrons. The molecule has 0 radical (unpaired) electrons. The van der Waals surface area contributed by atoms with E-state index in [1.54, 1.807) is 12.1 Å². The van der Waals surface area contributed by atoms with E-state index in [1.807, 2.05) is 12.1 Å². The van der Waals surface area contributed by atoms with Crippen molar-refractivity contribution < 1.29 is 22.8 Å². The SMILES string of the molecule is O=C(CC(=O)N1CCc2ccccc21)Nc1cc(C(F)(F)F)ccc1Cl. The number of nitrogens with one attached hydrogen (secondary N) is 1. The topological polar surface area (TPSA) is 49.4 Å². The number of amides is 2. The minimum atomic E-state index is -4.56. The highest BCUT2D eigenvalue weighted by Crippen LogP contribution is 2.34. The highest BCUT2D eigenvalue weighted by molar-refractivity contribution is 6.33. The first-order valence-electron chi connectivity index (χ1n) is 7.80. The van der Waals surface area contributed by atoms with Crippen molar-refractivity contribution in [1.29, 1.82) is 0 Å². The van der Waals surface area contributed by atoms with Crippen molar-refractivity contribution >= 4 is 34.8 Å². The Morgan fingerprint density at radius 1 is 1.15 bits per heavy atom. The minimum Gasteiger partial charge on any atom is -0.324 e. The van der Waals surface area contributed by atoms with Crippen LogP contribution in [0.15, 0.2) is 42.5 Å². The summed E-state index contributed by atoms with van der Waals surface area (Å²) in [5, 5.41) is 2.25. The fraction of sp³-hybridized carbons (Fsp3) is 0.222. The van der Waals surface area contributed by atoms with Gasteiger partial charge in [-0.1, -0.05) is 29.8 Å². The Kier molecular flexibility index (Phi) is 4.91. The summed E-state index contributed by atoms with van der Waals surface area (Å²) in [4.78, 5) is 26.0. The molecule has 1 N–H and O–H groups in total. The fourth-order valence-electron chi connectivity index (χ4n) is 2.82. The third kappa shape index (κ3) is 3.83. The van der Waals surface area contributed by atoms with E-state index in [0.717, 1.165) is 29.4 Å². The van der Waals surface area contributed by atoms with Gasteiger partial charge in [-0.25, -0.2) is 0 Å². The lowest BCUT2D eigenvalue weighted by Crippen LogP contribution is -2.32. The zero-order valence-corrected chi connectivity index (χ0v) is 14.2. The molecule has 1 heterocycles. The average Bonchev–Trinajstić information content (AvgIpc) is 3.00. The normalized spacial score (nSPS) is 13.5. The summed E-state index contributed by atoms with van der Waals surface area (Å²) in [6.07, 6.45) is -4.34. The summed E-state index contributed by atoms with van der Waals surface area (Å²) in [7, 11) is 0. The number of para-hydroxylation sites is 1. The average molecular weight is 383 g/mol. The smallest absolute Gasteiger partial charge is 0.324 e. The van der Waals surface area contributed by atoms with Gasteiger partial charge in [-0.15, -0.1) is 0 Å². The van der Waals surface area contributed by atoms with Crippen LogP contribution in [0.25, 0.3) is 0 Å². The van der Waals surface area contributed by atoms with Crippen molar-refractivity contribution in [2.75, 3.05) is 16.8 Å².